The van der Waals surface area contributed by atoms with Gasteiger partial charge in [-0.3, -0.25) is 0 Å². The Morgan fingerprint density at radius 2 is 2.15 bits per heavy atom. The maximum absolute atomic E-state index is 12.5. The molecule has 2 aromatic rings. The Bertz CT molecular complexity index is 681. The van der Waals surface area contributed by atoms with E-state index in [9.17, 15) is 4.79 Å². The number of carbonyl (C=O) groups is 1. The van der Waals surface area contributed by atoms with Crippen LogP contribution in [0.25, 0.3) is 11.0 Å². The molecule has 5 heteroatoms. The van der Waals surface area contributed by atoms with Gasteiger partial charge in [-0.15, -0.1) is 0 Å². The van der Waals surface area contributed by atoms with Crippen molar-refractivity contribution in [1.29, 1.82) is 0 Å². The van der Waals surface area contributed by atoms with Gasteiger partial charge < -0.3 is 4.74 Å². The number of nitrogens with zero attached hydrogens (tertiary/aromatic N) is 2. The fourth-order valence-electron chi connectivity index (χ4n) is 2.31. The van der Waals surface area contributed by atoms with Gasteiger partial charge in [0, 0.05) is 26.8 Å². The van der Waals surface area contributed by atoms with E-state index in [1.54, 1.807) is 10.8 Å². The summed E-state index contributed by atoms with van der Waals surface area (Å²) < 4.78 is 8.34. The molecular formula is C15H17IN2O2. The van der Waals surface area contributed by atoms with Gasteiger partial charge in [-0.1, -0.05) is 0 Å². The van der Waals surface area contributed by atoms with Crippen molar-refractivity contribution in [3.8, 4) is 0 Å². The molecule has 0 N–H and O–H groups in total. The van der Waals surface area contributed by atoms with E-state index in [2.05, 4.69) is 27.6 Å². The zero-order valence-electron chi connectivity index (χ0n) is 11.8. The Morgan fingerprint density at radius 3 is 2.75 bits per heavy atom. The summed E-state index contributed by atoms with van der Waals surface area (Å²) in [5.74, 6) is 0.462. The highest BCUT2D eigenvalue weighted by Crippen LogP contribution is 2.45. The third-order valence-electron chi connectivity index (χ3n) is 3.24. The SMILES string of the molecule is CC(C)(C)OC(=O)n1c(C2CC2)c(I)c2cccnc21. The van der Waals surface area contributed by atoms with E-state index in [4.69, 9.17) is 4.74 Å². The molecule has 0 unspecified atom stereocenters. The number of aromatic nitrogens is 2. The Kier molecular flexibility index (Phi) is 3.27. The quantitative estimate of drug-likeness (QED) is 0.689. The lowest BCUT2D eigenvalue weighted by Crippen LogP contribution is -2.28. The summed E-state index contributed by atoms with van der Waals surface area (Å²) in [6.45, 7) is 5.64. The average molecular weight is 384 g/mol. The second-order valence-corrected chi connectivity index (χ2v) is 7.24. The molecule has 0 aromatic carbocycles. The molecule has 0 spiro atoms. The first-order chi connectivity index (χ1) is 9.38. The van der Waals surface area contributed by atoms with Crippen LogP contribution in [0.2, 0.25) is 0 Å². The smallest absolute Gasteiger partial charge is 0.420 e. The van der Waals surface area contributed by atoms with Gasteiger partial charge in [-0.2, -0.15) is 0 Å². The van der Waals surface area contributed by atoms with E-state index in [1.807, 2.05) is 32.9 Å². The average Bonchev–Trinajstić information content (AvgIpc) is 3.13. The molecule has 2 heterocycles. The van der Waals surface area contributed by atoms with E-state index in [1.165, 1.54) is 0 Å². The predicted molar refractivity (Wildman–Crippen MR) is 86.1 cm³/mol. The number of carbonyl (C=O) groups excluding carboxylic acids is 1. The highest BCUT2D eigenvalue weighted by molar-refractivity contribution is 14.1. The number of hydrogen-bond acceptors (Lipinski definition) is 3. The number of ether oxygens (including phenoxy) is 1. The highest BCUT2D eigenvalue weighted by atomic mass is 127. The van der Waals surface area contributed by atoms with Gasteiger partial charge in [-0.05, 0) is 68.3 Å². The van der Waals surface area contributed by atoms with E-state index in [0.29, 0.717) is 11.6 Å². The molecule has 0 saturated heterocycles. The Hall–Kier alpha value is -1.11. The molecule has 0 radical (unpaired) electrons. The minimum atomic E-state index is -0.505. The maximum atomic E-state index is 12.5. The normalized spacial score (nSPS) is 15.6. The van der Waals surface area contributed by atoms with Crippen LogP contribution < -0.4 is 0 Å². The van der Waals surface area contributed by atoms with Crippen LogP contribution in [-0.4, -0.2) is 21.2 Å². The van der Waals surface area contributed by atoms with Gasteiger partial charge in [0.05, 0.1) is 0 Å². The van der Waals surface area contributed by atoms with Crippen LogP contribution in [0.4, 0.5) is 4.79 Å². The summed E-state index contributed by atoms with van der Waals surface area (Å²) >= 11 is 2.32. The zero-order valence-corrected chi connectivity index (χ0v) is 14.0. The first-order valence-corrected chi connectivity index (χ1v) is 7.84. The van der Waals surface area contributed by atoms with E-state index in [0.717, 1.165) is 27.5 Å². The van der Waals surface area contributed by atoms with Crippen LogP contribution in [0, 0.1) is 3.57 Å². The van der Waals surface area contributed by atoms with Crippen molar-refractivity contribution < 1.29 is 9.53 Å². The first kappa shape index (κ1) is 13.9. The minimum Gasteiger partial charge on any atom is -0.443 e. The van der Waals surface area contributed by atoms with Crippen LogP contribution in [0.5, 0.6) is 0 Å². The van der Waals surface area contributed by atoms with Crippen molar-refractivity contribution in [1.82, 2.24) is 9.55 Å². The number of fused-ring (bicyclic) bond motifs is 1. The van der Waals surface area contributed by atoms with Crippen molar-refractivity contribution >= 4 is 39.7 Å². The molecule has 0 aliphatic heterocycles. The first-order valence-electron chi connectivity index (χ1n) is 6.76. The summed E-state index contributed by atoms with van der Waals surface area (Å²) in [5.41, 5.74) is 1.26. The molecule has 4 nitrogen and oxygen atoms in total. The molecule has 1 aliphatic rings. The molecule has 0 amide bonds. The number of hydrogen-bond donors (Lipinski definition) is 0. The zero-order chi connectivity index (χ0) is 14.5. The lowest BCUT2D eigenvalue weighted by atomic mass is 10.2. The molecule has 1 aliphatic carbocycles. The van der Waals surface area contributed by atoms with Gasteiger partial charge in [0.25, 0.3) is 0 Å². The maximum Gasteiger partial charge on any atom is 0.420 e. The van der Waals surface area contributed by atoms with Gasteiger partial charge >= 0.3 is 6.09 Å². The minimum absolute atomic E-state index is 0.328. The summed E-state index contributed by atoms with van der Waals surface area (Å²) in [6, 6.07) is 3.91. The van der Waals surface area contributed by atoms with Gasteiger partial charge in [-0.25, -0.2) is 14.3 Å². The topological polar surface area (TPSA) is 44.1 Å². The molecule has 1 saturated carbocycles. The fourth-order valence-corrected chi connectivity index (χ4v) is 3.41. The van der Waals surface area contributed by atoms with Crippen LogP contribution >= 0.6 is 22.6 Å². The third kappa shape index (κ3) is 2.43. The van der Waals surface area contributed by atoms with Crippen LogP contribution in [-0.2, 0) is 4.74 Å². The number of rotatable bonds is 1. The second kappa shape index (κ2) is 4.72. The van der Waals surface area contributed by atoms with Gasteiger partial charge in [0.1, 0.15) is 5.60 Å². The summed E-state index contributed by atoms with van der Waals surface area (Å²) in [6.07, 6.45) is 3.66. The number of halogens is 1. The molecule has 20 heavy (non-hydrogen) atoms. The van der Waals surface area contributed by atoms with Crippen molar-refractivity contribution in [2.75, 3.05) is 0 Å². The molecule has 1 fully saturated rings. The lowest BCUT2D eigenvalue weighted by Gasteiger charge is -2.20. The van der Waals surface area contributed by atoms with Gasteiger partial charge in [0.15, 0.2) is 5.65 Å². The molecule has 3 rings (SSSR count). The third-order valence-corrected chi connectivity index (χ3v) is 4.37. The highest BCUT2D eigenvalue weighted by Gasteiger charge is 2.34. The molecule has 2 aromatic heterocycles. The van der Waals surface area contributed by atoms with Crippen LogP contribution in [0.15, 0.2) is 18.3 Å². The Morgan fingerprint density at radius 1 is 1.45 bits per heavy atom. The molecular weight excluding hydrogens is 367 g/mol. The molecule has 0 bridgehead atoms. The van der Waals surface area contributed by atoms with Gasteiger partial charge in [0.2, 0.25) is 0 Å². The Balaban J connectivity index is 2.17. The van der Waals surface area contributed by atoms with Crippen molar-refractivity contribution in [2.45, 2.75) is 45.1 Å². The summed E-state index contributed by atoms with van der Waals surface area (Å²) in [5, 5.41) is 1.03. The summed E-state index contributed by atoms with van der Waals surface area (Å²) in [4.78, 5) is 16.9. The van der Waals surface area contributed by atoms with E-state index < -0.39 is 5.60 Å². The van der Waals surface area contributed by atoms with E-state index in [-0.39, 0.29) is 6.09 Å². The summed E-state index contributed by atoms with van der Waals surface area (Å²) in [7, 11) is 0. The largest absolute Gasteiger partial charge is 0.443 e. The monoisotopic (exact) mass is 384 g/mol. The molecule has 0 atom stereocenters. The van der Waals surface area contributed by atoms with Crippen LogP contribution in [0.3, 0.4) is 0 Å². The van der Waals surface area contributed by atoms with E-state index >= 15 is 0 Å². The standard InChI is InChI=1S/C15H17IN2O2/c1-15(2,3)20-14(19)18-12(9-6-7-9)11(16)10-5-4-8-17-13(10)18/h4-5,8-9H,6-7H2,1-3H3. The second-order valence-electron chi connectivity index (χ2n) is 6.16. The van der Waals surface area contributed by atoms with Crippen molar-refractivity contribution in [3.63, 3.8) is 0 Å². The molecule has 106 valence electrons. The Labute approximate surface area is 131 Å². The predicted octanol–water partition coefficient (Wildman–Crippen LogP) is 4.30. The van der Waals surface area contributed by atoms with Crippen molar-refractivity contribution in [2.24, 2.45) is 0 Å². The fraction of sp³-hybridized carbons (Fsp3) is 0.467. The van der Waals surface area contributed by atoms with Crippen LogP contribution in [0.1, 0.15) is 45.2 Å². The number of pyridine rings is 1. The van der Waals surface area contributed by atoms with Crippen molar-refractivity contribution in [3.05, 3.63) is 27.6 Å². The lowest BCUT2D eigenvalue weighted by molar-refractivity contribution is 0.0539.